The lowest BCUT2D eigenvalue weighted by Crippen LogP contribution is -2.19. The normalized spacial score (nSPS) is 13.0. The van der Waals surface area contributed by atoms with E-state index in [0.717, 1.165) is 6.54 Å². The van der Waals surface area contributed by atoms with Gasteiger partial charge in [0.05, 0.1) is 6.20 Å². The predicted molar refractivity (Wildman–Crippen MR) is 59.1 cm³/mol. The number of aromatic nitrogens is 2. The van der Waals surface area contributed by atoms with Crippen LogP contribution in [0.1, 0.15) is 51.1 Å². The fraction of sp³-hybridized carbons (Fsp3) is 0.727. The molecule has 3 nitrogen and oxygen atoms in total. The molecule has 0 amide bonds. The van der Waals surface area contributed by atoms with Crippen LogP contribution >= 0.6 is 0 Å². The van der Waals surface area contributed by atoms with Gasteiger partial charge in [-0.3, -0.25) is 5.10 Å². The van der Waals surface area contributed by atoms with Crippen molar-refractivity contribution in [1.29, 1.82) is 0 Å². The molecule has 0 bridgehead atoms. The zero-order chi connectivity index (χ0) is 10.2. The van der Waals surface area contributed by atoms with E-state index in [1.807, 2.05) is 12.4 Å². The number of unbranched alkanes of at least 4 members (excludes halogenated alkanes) is 3. The summed E-state index contributed by atoms with van der Waals surface area (Å²) < 4.78 is 0. The molecule has 1 atom stereocenters. The van der Waals surface area contributed by atoms with Crippen molar-refractivity contribution in [3.63, 3.8) is 0 Å². The van der Waals surface area contributed by atoms with Crippen LogP contribution in [0.25, 0.3) is 0 Å². The Morgan fingerprint density at radius 1 is 1.43 bits per heavy atom. The molecular formula is C11H21N3. The molecule has 1 rings (SSSR count). The van der Waals surface area contributed by atoms with Crippen LogP contribution in [-0.2, 0) is 0 Å². The molecule has 0 aliphatic rings. The molecular weight excluding hydrogens is 174 g/mol. The SMILES string of the molecule is CCCCCCNC(C)c1cn[nH]c1. The minimum atomic E-state index is 0.412. The van der Waals surface area contributed by atoms with E-state index in [1.165, 1.54) is 31.2 Å². The smallest absolute Gasteiger partial charge is 0.0534 e. The number of nitrogens with one attached hydrogen (secondary N) is 2. The summed E-state index contributed by atoms with van der Waals surface area (Å²) in [6, 6.07) is 0.412. The van der Waals surface area contributed by atoms with Gasteiger partial charge >= 0.3 is 0 Å². The van der Waals surface area contributed by atoms with Gasteiger partial charge in [0.25, 0.3) is 0 Å². The third-order valence-electron chi connectivity index (χ3n) is 2.50. The average molecular weight is 195 g/mol. The summed E-state index contributed by atoms with van der Waals surface area (Å²) in [7, 11) is 0. The Bertz CT molecular complexity index is 218. The highest BCUT2D eigenvalue weighted by molar-refractivity contribution is 5.07. The molecule has 0 saturated heterocycles. The fourth-order valence-corrected chi connectivity index (χ4v) is 1.49. The lowest BCUT2D eigenvalue weighted by molar-refractivity contribution is 0.537. The third kappa shape index (κ3) is 3.92. The molecule has 0 fully saturated rings. The van der Waals surface area contributed by atoms with Crippen LogP contribution in [-0.4, -0.2) is 16.7 Å². The van der Waals surface area contributed by atoms with Gasteiger partial charge in [0.2, 0.25) is 0 Å². The molecule has 1 unspecified atom stereocenters. The molecule has 14 heavy (non-hydrogen) atoms. The van der Waals surface area contributed by atoms with E-state index in [4.69, 9.17) is 0 Å². The Balaban J connectivity index is 2.07. The quantitative estimate of drug-likeness (QED) is 0.657. The highest BCUT2D eigenvalue weighted by Gasteiger charge is 2.03. The van der Waals surface area contributed by atoms with Crippen molar-refractivity contribution in [2.75, 3.05) is 6.54 Å². The summed E-state index contributed by atoms with van der Waals surface area (Å²) in [5, 5.41) is 10.3. The van der Waals surface area contributed by atoms with Crippen LogP contribution in [0.3, 0.4) is 0 Å². The van der Waals surface area contributed by atoms with E-state index in [9.17, 15) is 0 Å². The maximum Gasteiger partial charge on any atom is 0.0534 e. The summed E-state index contributed by atoms with van der Waals surface area (Å²) >= 11 is 0. The van der Waals surface area contributed by atoms with Gasteiger partial charge < -0.3 is 5.32 Å². The molecule has 2 N–H and O–H groups in total. The zero-order valence-corrected chi connectivity index (χ0v) is 9.21. The van der Waals surface area contributed by atoms with Crippen LogP contribution in [0.5, 0.6) is 0 Å². The predicted octanol–water partition coefficient (Wildman–Crippen LogP) is 2.64. The van der Waals surface area contributed by atoms with Gasteiger partial charge in [0.15, 0.2) is 0 Å². The summed E-state index contributed by atoms with van der Waals surface area (Å²) in [6.45, 7) is 5.51. The van der Waals surface area contributed by atoms with E-state index in [-0.39, 0.29) is 0 Å². The first-order chi connectivity index (χ1) is 6.84. The van der Waals surface area contributed by atoms with Gasteiger partial charge in [0.1, 0.15) is 0 Å². The van der Waals surface area contributed by atoms with Gasteiger partial charge in [-0.15, -0.1) is 0 Å². The number of aromatic amines is 1. The lowest BCUT2D eigenvalue weighted by Gasteiger charge is -2.11. The highest BCUT2D eigenvalue weighted by Crippen LogP contribution is 2.09. The fourth-order valence-electron chi connectivity index (χ4n) is 1.49. The molecule has 0 aliphatic heterocycles. The van der Waals surface area contributed by atoms with Crippen LogP contribution in [0.2, 0.25) is 0 Å². The molecule has 0 aromatic carbocycles. The number of hydrogen-bond donors (Lipinski definition) is 2. The lowest BCUT2D eigenvalue weighted by atomic mass is 10.1. The Labute approximate surface area is 86.3 Å². The second-order valence-electron chi connectivity index (χ2n) is 3.77. The van der Waals surface area contributed by atoms with Crippen molar-refractivity contribution in [1.82, 2.24) is 15.5 Å². The van der Waals surface area contributed by atoms with Crippen molar-refractivity contribution in [2.45, 2.75) is 45.6 Å². The molecule has 0 radical (unpaired) electrons. The highest BCUT2D eigenvalue weighted by atomic mass is 15.1. The minimum Gasteiger partial charge on any atom is -0.310 e. The van der Waals surface area contributed by atoms with Gasteiger partial charge in [-0.25, -0.2) is 0 Å². The minimum absolute atomic E-state index is 0.412. The molecule has 1 heterocycles. The van der Waals surface area contributed by atoms with Crippen molar-refractivity contribution >= 4 is 0 Å². The second kappa shape index (κ2) is 6.60. The molecule has 80 valence electrons. The Hall–Kier alpha value is -0.830. The second-order valence-corrected chi connectivity index (χ2v) is 3.77. The Morgan fingerprint density at radius 3 is 2.93 bits per heavy atom. The van der Waals surface area contributed by atoms with Gasteiger partial charge in [-0.05, 0) is 19.9 Å². The number of rotatable bonds is 7. The maximum atomic E-state index is 3.94. The molecule has 1 aromatic heterocycles. The number of hydrogen-bond acceptors (Lipinski definition) is 2. The van der Waals surface area contributed by atoms with Crippen molar-refractivity contribution in [3.05, 3.63) is 18.0 Å². The Kier molecular flexibility index (Phi) is 5.30. The van der Waals surface area contributed by atoms with E-state index in [0.29, 0.717) is 6.04 Å². The Morgan fingerprint density at radius 2 is 2.29 bits per heavy atom. The molecule has 3 heteroatoms. The monoisotopic (exact) mass is 195 g/mol. The first-order valence-electron chi connectivity index (χ1n) is 5.56. The largest absolute Gasteiger partial charge is 0.310 e. The number of nitrogens with zero attached hydrogens (tertiary/aromatic N) is 1. The van der Waals surface area contributed by atoms with Crippen LogP contribution in [0.15, 0.2) is 12.4 Å². The zero-order valence-electron chi connectivity index (χ0n) is 9.21. The topological polar surface area (TPSA) is 40.7 Å². The average Bonchev–Trinajstić information content (AvgIpc) is 2.70. The van der Waals surface area contributed by atoms with Gasteiger partial charge in [-0.1, -0.05) is 26.2 Å². The van der Waals surface area contributed by atoms with Crippen molar-refractivity contribution in [2.24, 2.45) is 0 Å². The first kappa shape index (κ1) is 11.2. The maximum absolute atomic E-state index is 3.94. The molecule has 0 spiro atoms. The molecule has 0 aliphatic carbocycles. The van der Waals surface area contributed by atoms with Crippen molar-refractivity contribution in [3.8, 4) is 0 Å². The third-order valence-corrected chi connectivity index (χ3v) is 2.50. The first-order valence-corrected chi connectivity index (χ1v) is 5.56. The summed E-state index contributed by atoms with van der Waals surface area (Å²) in [6.07, 6.45) is 9.09. The molecule has 1 aromatic rings. The summed E-state index contributed by atoms with van der Waals surface area (Å²) in [5.41, 5.74) is 1.24. The summed E-state index contributed by atoms with van der Waals surface area (Å²) in [5.74, 6) is 0. The standard InChI is InChI=1S/C11H21N3/c1-3-4-5-6-7-12-10(2)11-8-13-14-9-11/h8-10,12H,3-7H2,1-2H3,(H,13,14). The van der Waals surface area contributed by atoms with Crippen LogP contribution in [0, 0.1) is 0 Å². The van der Waals surface area contributed by atoms with Crippen molar-refractivity contribution < 1.29 is 0 Å². The van der Waals surface area contributed by atoms with E-state index in [2.05, 4.69) is 29.4 Å². The molecule has 0 saturated carbocycles. The van der Waals surface area contributed by atoms with E-state index in [1.54, 1.807) is 0 Å². The van der Waals surface area contributed by atoms with Crippen LogP contribution < -0.4 is 5.32 Å². The number of H-pyrrole nitrogens is 1. The summed E-state index contributed by atoms with van der Waals surface area (Å²) in [4.78, 5) is 0. The van der Waals surface area contributed by atoms with E-state index >= 15 is 0 Å². The van der Waals surface area contributed by atoms with Gasteiger partial charge in [0, 0.05) is 17.8 Å². The van der Waals surface area contributed by atoms with Crippen LogP contribution in [0.4, 0.5) is 0 Å². The van der Waals surface area contributed by atoms with E-state index < -0.39 is 0 Å². The van der Waals surface area contributed by atoms with Gasteiger partial charge in [-0.2, -0.15) is 5.10 Å².